The van der Waals surface area contributed by atoms with Gasteiger partial charge in [-0.05, 0) is 18.1 Å². The molecule has 0 saturated carbocycles. The molecule has 118 valence electrons. The van der Waals surface area contributed by atoms with E-state index in [-0.39, 0.29) is 12.3 Å². The minimum Gasteiger partial charge on any atom is -0.508 e. The lowest BCUT2D eigenvalue weighted by Crippen LogP contribution is -2.50. The Morgan fingerprint density at radius 3 is 2.38 bits per heavy atom. The summed E-state index contributed by atoms with van der Waals surface area (Å²) in [6.45, 7) is -1.01. The number of carbonyl (C=O) groups excluding carboxylic acids is 1. The lowest BCUT2D eigenvalue weighted by molar-refractivity contribution is -0.137. The van der Waals surface area contributed by atoms with Crippen molar-refractivity contribution in [1.29, 1.82) is 0 Å². The number of aliphatic hydroxyl groups excluding tert-OH is 4. The summed E-state index contributed by atoms with van der Waals surface area (Å²) in [5.74, 6) is -0.654. The first-order chi connectivity index (χ1) is 10.0. The Hall–Kier alpha value is -1.51. The van der Waals surface area contributed by atoms with Crippen molar-refractivity contribution in [3.05, 3.63) is 29.8 Å². The number of nitrogens with one attached hydrogen (secondary N) is 1. The second-order valence-corrected chi connectivity index (χ2v) is 4.67. The molecule has 3 atom stereocenters. The van der Waals surface area contributed by atoms with E-state index in [0.717, 1.165) is 0 Å². The van der Waals surface area contributed by atoms with E-state index in [4.69, 9.17) is 10.2 Å². The number of aromatic hydroxyl groups is 1. The van der Waals surface area contributed by atoms with Gasteiger partial charge in [0.15, 0.2) is 5.78 Å². The summed E-state index contributed by atoms with van der Waals surface area (Å²) >= 11 is 0. The van der Waals surface area contributed by atoms with Crippen LogP contribution in [0.5, 0.6) is 5.75 Å². The van der Waals surface area contributed by atoms with Crippen LogP contribution < -0.4 is 5.32 Å². The number of hydrogen-bond donors (Lipinski definition) is 6. The second-order valence-electron chi connectivity index (χ2n) is 4.67. The predicted molar refractivity (Wildman–Crippen MR) is 74.8 cm³/mol. The highest BCUT2D eigenvalue weighted by Crippen LogP contribution is 2.15. The fraction of sp³-hybridized carbons (Fsp3) is 0.500. The van der Waals surface area contributed by atoms with Crippen LogP contribution in [0, 0.1) is 0 Å². The van der Waals surface area contributed by atoms with Gasteiger partial charge in [-0.15, -0.1) is 0 Å². The van der Waals surface area contributed by atoms with Crippen molar-refractivity contribution >= 4 is 5.78 Å². The molecule has 0 aliphatic heterocycles. The van der Waals surface area contributed by atoms with Crippen LogP contribution in [0.1, 0.15) is 5.56 Å². The van der Waals surface area contributed by atoms with E-state index in [1.54, 1.807) is 24.3 Å². The minimum atomic E-state index is -1.76. The smallest absolute Gasteiger partial charge is 0.183 e. The van der Waals surface area contributed by atoms with Gasteiger partial charge in [0, 0.05) is 6.54 Å². The molecule has 7 heteroatoms. The van der Waals surface area contributed by atoms with E-state index < -0.39 is 37.2 Å². The van der Waals surface area contributed by atoms with Crippen molar-refractivity contribution in [2.75, 3.05) is 19.8 Å². The van der Waals surface area contributed by atoms with Gasteiger partial charge in [-0.3, -0.25) is 4.79 Å². The average Bonchev–Trinajstić information content (AvgIpc) is 2.51. The van der Waals surface area contributed by atoms with Crippen LogP contribution in [0.3, 0.4) is 0 Å². The predicted octanol–water partition coefficient (Wildman–Crippen LogP) is -1.83. The molecule has 0 radical (unpaired) electrons. The van der Waals surface area contributed by atoms with Crippen molar-refractivity contribution in [1.82, 2.24) is 5.32 Å². The van der Waals surface area contributed by atoms with Crippen molar-refractivity contribution in [2.24, 2.45) is 0 Å². The first-order valence-electron chi connectivity index (χ1n) is 6.63. The fourth-order valence-electron chi connectivity index (χ4n) is 1.85. The highest BCUT2D eigenvalue weighted by atomic mass is 16.4. The molecular weight excluding hydrogens is 278 g/mol. The van der Waals surface area contributed by atoms with Gasteiger partial charge in [-0.25, -0.2) is 0 Å². The van der Waals surface area contributed by atoms with Gasteiger partial charge >= 0.3 is 0 Å². The maximum atomic E-state index is 11.8. The van der Waals surface area contributed by atoms with E-state index in [9.17, 15) is 20.1 Å². The second kappa shape index (κ2) is 8.71. The number of ketones is 1. The van der Waals surface area contributed by atoms with E-state index in [1.807, 2.05) is 0 Å². The number of carbonyl (C=O) groups is 1. The van der Waals surface area contributed by atoms with Crippen molar-refractivity contribution in [2.45, 2.75) is 24.7 Å². The van der Waals surface area contributed by atoms with Gasteiger partial charge in [-0.1, -0.05) is 18.2 Å². The molecule has 21 heavy (non-hydrogen) atoms. The monoisotopic (exact) mass is 299 g/mol. The Morgan fingerprint density at radius 2 is 1.81 bits per heavy atom. The van der Waals surface area contributed by atoms with E-state index >= 15 is 0 Å². The Balaban J connectivity index is 2.51. The molecule has 0 aliphatic rings. The largest absolute Gasteiger partial charge is 0.508 e. The highest BCUT2D eigenvalue weighted by molar-refractivity contribution is 5.88. The number of hydrogen-bond acceptors (Lipinski definition) is 7. The first kappa shape index (κ1) is 17.5. The van der Waals surface area contributed by atoms with E-state index in [2.05, 4.69) is 5.32 Å². The summed E-state index contributed by atoms with van der Waals surface area (Å²) in [4.78, 5) is 11.8. The molecule has 0 amide bonds. The molecule has 0 heterocycles. The first-order valence-corrected chi connectivity index (χ1v) is 6.63. The number of Topliss-reactive ketones (excluding diaryl/α,β-unsaturated/α-hetero) is 1. The number of phenols is 1. The topological polar surface area (TPSA) is 130 Å². The van der Waals surface area contributed by atoms with Crippen LogP contribution in [0.2, 0.25) is 0 Å². The summed E-state index contributed by atoms with van der Waals surface area (Å²) in [6, 6.07) is 5.69. The molecule has 0 saturated heterocycles. The van der Waals surface area contributed by atoms with Crippen LogP contribution in [0.15, 0.2) is 24.3 Å². The third kappa shape index (κ3) is 5.07. The molecule has 1 aromatic rings. The van der Waals surface area contributed by atoms with Gasteiger partial charge in [-0.2, -0.15) is 0 Å². The summed E-state index contributed by atoms with van der Waals surface area (Å²) in [5, 5.41) is 48.9. The molecule has 0 bridgehead atoms. The third-order valence-electron chi connectivity index (χ3n) is 3.15. The van der Waals surface area contributed by atoms with Gasteiger partial charge in [0.05, 0.1) is 19.3 Å². The van der Waals surface area contributed by atoms with Gasteiger partial charge < -0.3 is 30.8 Å². The zero-order valence-corrected chi connectivity index (χ0v) is 11.5. The van der Waals surface area contributed by atoms with Crippen molar-refractivity contribution < 1.29 is 30.3 Å². The molecule has 0 aliphatic carbocycles. The minimum absolute atomic E-state index is 0.141. The highest BCUT2D eigenvalue weighted by Gasteiger charge is 2.29. The molecule has 1 aromatic carbocycles. The normalized spacial score (nSPS) is 15.4. The lowest BCUT2D eigenvalue weighted by atomic mass is 10.0. The van der Waals surface area contributed by atoms with Gasteiger partial charge in [0.2, 0.25) is 0 Å². The zero-order chi connectivity index (χ0) is 15.8. The third-order valence-corrected chi connectivity index (χ3v) is 3.15. The van der Waals surface area contributed by atoms with Crippen LogP contribution >= 0.6 is 0 Å². The molecule has 0 fully saturated rings. The zero-order valence-electron chi connectivity index (χ0n) is 11.5. The molecule has 7 nitrogen and oxygen atoms in total. The molecule has 0 unspecified atom stereocenters. The Bertz CT molecular complexity index is 453. The number of benzene rings is 1. The summed E-state index contributed by atoms with van der Waals surface area (Å²) in [7, 11) is 0. The van der Waals surface area contributed by atoms with Gasteiger partial charge in [0.25, 0.3) is 0 Å². The van der Waals surface area contributed by atoms with E-state index in [0.29, 0.717) is 12.0 Å². The van der Waals surface area contributed by atoms with Crippen LogP contribution in [-0.2, 0) is 11.2 Å². The van der Waals surface area contributed by atoms with Crippen LogP contribution in [0.4, 0.5) is 0 Å². The average molecular weight is 299 g/mol. The molecule has 1 rings (SSSR count). The Kier molecular flexibility index (Phi) is 7.27. The summed E-state index contributed by atoms with van der Waals surface area (Å²) in [6.07, 6.45) is -2.91. The lowest BCUT2D eigenvalue weighted by Gasteiger charge is -2.21. The number of aliphatic hydroxyl groups is 4. The van der Waals surface area contributed by atoms with Crippen molar-refractivity contribution in [3.63, 3.8) is 0 Å². The van der Waals surface area contributed by atoms with Crippen molar-refractivity contribution in [3.8, 4) is 5.75 Å². The SMILES string of the molecule is O=C([C@H](CO)NCCc1ccccc1O)[C@H](O)[C@H](O)CO. The molecule has 0 spiro atoms. The Morgan fingerprint density at radius 1 is 1.14 bits per heavy atom. The quantitative estimate of drug-likeness (QED) is 0.316. The van der Waals surface area contributed by atoms with Crippen LogP contribution in [0.25, 0.3) is 0 Å². The molecular formula is C14H21NO6. The number of phenolic OH excluding ortho intramolecular Hbond substituents is 1. The van der Waals surface area contributed by atoms with Crippen LogP contribution in [-0.4, -0.2) is 69.3 Å². The maximum Gasteiger partial charge on any atom is 0.183 e. The van der Waals surface area contributed by atoms with Gasteiger partial charge in [0.1, 0.15) is 18.0 Å². The molecule has 6 N–H and O–H groups in total. The number of para-hydroxylation sites is 1. The van der Waals surface area contributed by atoms with E-state index in [1.165, 1.54) is 0 Å². The summed E-state index contributed by atoms with van der Waals surface area (Å²) < 4.78 is 0. The standard InChI is InChI=1S/C14H21NO6/c16-7-10(13(20)14(21)12(19)8-17)15-6-5-9-3-1-2-4-11(9)18/h1-4,10,12,14-19,21H,5-8H2/t10-,12+,14+/m0/s1. The maximum absolute atomic E-state index is 11.8. The Labute approximate surface area is 122 Å². The number of rotatable bonds is 9. The fourth-order valence-corrected chi connectivity index (χ4v) is 1.85. The summed E-state index contributed by atoms with van der Waals surface area (Å²) in [5.41, 5.74) is 0.685. The molecule has 0 aromatic heterocycles.